The summed E-state index contributed by atoms with van der Waals surface area (Å²) in [5, 5.41) is 13.2. The van der Waals surface area contributed by atoms with E-state index in [1.807, 2.05) is 39.0 Å². The first kappa shape index (κ1) is 12.3. The van der Waals surface area contributed by atoms with Crippen molar-refractivity contribution in [1.29, 1.82) is 0 Å². The Hall–Kier alpha value is -2.11. The fraction of sp³-hybridized carbons (Fsp3) is 0.417. The number of nitrogens with zero attached hydrogens (tertiary/aromatic N) is 2. The average Bonchev–Trinajstić information content (AvgIpc) is 2.72. The monoisotopic (exact) mass is 248 g/mol. The first-order valence-electron chi connectivity index (χ1n) is 5.71. The van der Waals surface area contributed by atoms with Gasteiger partial charge in [0.2, 0.25) is 0 Å². The predicted octanol–water partition coefficient (Wildman–Crippen LogP) is 1.98. The van der Waals surface area contributed by atoms with Crippen molar-refractivity contribution in [2.45, 2.75) is 32.9 Å². The number of ether oxygens (including phenoxy) is 1. The number of hydrogen-bond donors (Lipinski definition) is 2. The summed E-state index contributed by atoms with van der Waals surface area (Å²) in [6.45, 7) is 5.83. The number of hydrogen-bond acceptors (Lipinski definition) is 4. The van der Waals surface area contributed by atoms with Crippen molar-refractivity contribution >= 4 is 17.1 Å². The molecule has 0 fully saturated rings. The number of H-pyrrole nitrogens is 1. The number of carbonyl (C=O) groups excluding carboxylic acids is 1. The van der Waals surface area contributed by atoms with Crippen LogP contribution >= 0.6 is 0 Å². The number of alkyl carbamates (subject to hydrolysis) is 1. The minimum atomic E-state index is -0.496. The molecule has 6 heteroatoms. The van der Waals surface area contributed by atoms with E-state index in [0.29, 0.717) is 6.54 Å². The number of benzene rings is 1. The molecule has 0 aliphatic rings. The topological polar surface area (TPSA) is 79.9 Å². The van der Waals surface area contributed by atoms with Gasteiger partial charge in [0, 0.05) is 12.1 Å². The fourth-order valence-electron chi connectivity index (χ4n) is 1.55. The Morgan fingerprint density at radius 2 is 2.22 bits per heavy atom. The van der Waals surface area contributed by atoms with Crippen molar-refractivity contribution in [2.24, 2.45) is 0 Å². The minimum absolute atomic E-state index is 0.360. The molecule has 0 atom stereocenters. The van der Waals surface area contributed by atoms with Gasteiger partial charge in [-0.3, -0.25) is 5.10 Å². The van der Waals surface area contributed by atoms with E-state index >= 15 is 0 Å². The van der Waals surface area contributed by atoms with Gasteiger partial charge in [-0.25, -0.2) is 4.79 Å². The Morgan fingerprint density at radius 1 is 1.44 bits per heavy atom. The highest BCUT2D eigenvalue weighted by atomic mass is 16.6. The van der Waals surface area contributed by atoms with E-state index in [9.17, 15) is 4.79 Å². The molecular weight excluding hydrogens is 232 g/mol. The summed E-state index contributed by atoms with van der Waals surface area (Å²) < 4.78 is 5.16. The van der Waals surface area contributed by atoms with Crippen molar-refractivity contribution in [3.63, 3.8) is 0 Å². The summed E-state index contributed by atoms with van der Waals surface area (Å²) in [5.74, 6) is 0. The van der Waals surface area contributed by atoms with Gasteiger partial charge in [-0.2, -0.15) is 0 Å². The van der Waals surface area contributed by atoms with E-state index in [1.54, 1.807) is 0 Å². The van der Waals surface area contributed by atoms with Crippen molar-refractivity contribution < 1.29 is 9.53 Å². The van der Waals surface area contributed by atoms with Gasteiger partial charge in [-0.15, -0.1) is 5.10 Å². The molecule has 1 heterocycles. The smallest absolute Gasteiger partial charge is 0.407 e. The minimum Gasteiger partial charge on any atom is -0.444 e. The third-order valence-electron chi connectivity index (χ3n) is 2.26. The zero-order chi connectivity index (χ0) is 13.2. The van der Waals surface area contributed by atoms with E-state index in [2.05, 4.69) is 20.7 Å². The van der Waals surface area contributed by atoms with Crippen molar-refractivity contribution in [2.75, 3.05) is 0 Å². The Kier molecular flexibility index (Phi) is 3.18. The Labute approximate surface area is 105 Å². The van der Waals surface area contributed by atoms with Gasteiger partial charge in [0.05, 0.1) is 5.52 Å². The van der Waals surface area contributed by atoms with Crippen LogP contribution in [0.15, 0.2) is 18.2 Å². The number of aromatic amines is 1. The van der Waals surface area contributed by atoms with Crippen LogP contribution in [-0.2, 0) is 11.3 Å². The molecule has 2 aromatic rings. The normalized spacial score (nSPS) is 11.5. The summed E-state index contributed by atoms with van der Waals surface area (Å²) in [6, 6.07) is 5.66. The molecule has 0 spiro atoms. The number of amides is 1. The predicted molar refractivity (Wildman–Crippen MR) is 67.0 cm³/mol. The highest BCUT2D eigenvalue weighted by Crippen LogP contribution is 2.13. The summed E-state index contributed by atoms with van der Waals surface area (Å²) in [4.78, 5) is 11.5. The third kappa shape index (κ3) is 2.97. The van der Waals surface area contributed by atoms with Gasteiger partial charge in [0.1, 0.15) is 11.1 Å². The molecule has 96 valence electrons. The Bertz CT molecular complexity index is 556. The van der Waals surface area contributed by atoms with E-state index in [4.69, 9.17) is 4.74 Å². The van der Waals surface area contributed by atoms with E-state index in [1.165, 1.54) is 0 Å². The van der Waals surface area contributed by atoms with Crippen LogP contribution in [0.1, 0.15) is 26.3 Å². The summed E-state index contributed by atoms with van der Waals surface area (Å²) in [5.41, 5.74) is 2.00. The van der Waals surface area contributed by atoms with Crippen molar-refractivity contribution in [3.05, 3.63) is 23.8 Å². The lowest BCUT2D eigenvalue weighted by molar-refractivity contribution is 0.0524. The lowest BCUT2D eigenvalue weighted by Crippen LogP contribution is -2.32. The van der Waals surface area contributed by atoms with Crippen LogP contribution in [0, 0.1) is 0 Å². The number of rotatable bonds is 2. The zero-order valence-electron chi connectivity index (χ0n) is 10.7. The Morgan fingerprint density at radius 3 is 2.94 bits per heavy atom. The van der Waals surface area contributed by atoms with Gasteiger partial charge in [0.15, 0.2) is 0 Å². The maximum absolute atomic E-state index is 11.5. The molecular formula is C12H16N4O2. The van der Waals surface area contributed by atoms with Crippen LogP contribution in [-0.4, -0.2) is 27.1 Å². The van der Waals surface area contributed by atoms with Crippen molar-refractivity contribution in [1.82, 2.24) is 20.7 Å². The summed E-state index contributed by atoms with van der Waals surface area (Å²) >= 11 is 0. The maximum Gasteiger partial charge on any atom is 0.407 e. The summed E-state index contributed by atoms with van der Waals surface area (Å²) in [6.07, 6.45) is -0.442. The van der Waals surface area contributed by atoms with Crippen LogP contribution in [0.3, 0.4) is 0 Å². The first-order valence-corrected chi connectivity index (χ1v) is 5.71. The molecule has 18 heavy (non-hydrogen) atoms. The van der Waals surface area contributed by atoms with Gasteiger partial charge in [-0.1, -0.05) is 17.3 Å². The standard InChI is InChI=1S/C12H16N4O2/c1-12(2,3)18-11(17)13-7-8-5-4-6-9-10(8)15-16-14-9/h4-6H,7H2,1-3H3,(H,13,17)(H,14,15,16). The van der Waals surface area contributed by atoms with Gasteiger partial charge in [0.25, 0.3) is 0 Å². The second kappa shape index (κ2) is 4.64. The molecule has 1 amide bonds. The molecule has 0 aliphatic carbocycles. The van der Waals surface area contributed by atoms with Gasteiger partial charge in [-0.05, 0) is 26.8 Å². The van der Waals surface area contributed by atoms with E-state index < -0.39 is 11.7 Å². The SMILES string of the molecule is CC(C)(C)OC(=O)NCc1cccc2[nH]nnc12. The first-order chi connectivity index (χ1) is 8.46. The second-order valence-corrected chi connectivity index (χ2v) is 4.98. The molecule has 0 saturated carbocycles. The highest BCUT2D eigenvalue weighted by Gasteiger charge is 2.16. The lowest BCUT2D eigenvalue weighted by Gasteiger charge is -2.19. The third-order valence-corrected chi connectivity index (χ3v) is 2.26. The molecule has 1 aromatic carbocycles. The quantitative estimate of drug-likeness (QED) is 0.851. The zero-order valence-corrected chi connectivity index (χ0v) is 10.7. The van der Waals surface area contributed by atoms with Crippen LogP contribution in [0.4, 0.5) is 4.79 Å². The largest absolute Gasteiger partial charge is 0.444 e. The molecule has 0 saturated heterocycles. The molecule has 0 radical (unpaired) electrons. The Balaban J connectivity index is 2.02. The molecule has 0 bridgehead atoms. The van der Waals surface area contributed by atoms with E-state index in [0.717, 1.165) is 16.6 Å². The number of aromatic nitrogens is 3. The van der Waals surface area contributed by atoms with Crippen molar-refractivity contribution in [3.8, 4) is 0 Å². The molecule has 2 N–H and O–H groups in total. The molecule has 2 rings (SSSR count). The molecule has 0 aliphatic heterocycles. The number of fused-ring (bicyclic) bond motifs is 1. The van der Waals surface area contributed by atoms with Crippen LogP contribution < -0.4 is 5.32 Å². The highest BCUT2D eigenvalue weighted by molar-refractivity contribution is 5.78. The fourth-order valence-corrected chi connectivity index (χ4v) is 1.55. The van der Waals surface area contributed by atoms with Crippen LogP contribution in [0.2, 0.25) is 0 Å². The van der Waals surface area contributed by atoms with Gasteiger partial charge < -0.3 is 10.1 Å². The van der Waals surface area contributed by atoms with E-state index in [-0.39, 0.29) is 0 Å². The average molecular weight is 248 g/mol. The second-order valence-electron chi connectivity index (χ2n) is 4.98. The van der Waals surface area contributed by atoms with Crippen LogP contribution in [0.5, 0.6) is 0 Å². The molecule has 6 nitrogen and oxygen atoms in total. The van der Waals surface area contributed by atoms with Gasteiger partial charge >= 0.3 is 6.09 Å². The maximum atomic E-state index is 11.5. The number of nitrogens with one attached hydrogen (secondary N) is 2. The van der Waals surface area contributed by atoms with Crippen LogP contribution in [0.25, 0.3) is 11.0 Å². The molecule has 1 aromatic heterocycles. The number of carbonyl (C=O) groups is 1. The summed E-state index contributed by atoms with van der Waals surface area (Å²) in [7, 11) is 0. The lowest BCUT2D eigenvalue weighted by atomic mass is 10.2. The molecule has 0 unspecified atom stereocenters.